The Labute approximate surface area is 126 Å². The fourth-order valence-corrected chi connectivity index (χ4v) is 2.14. The van der Waals surface area contributed by atoms with Crippen molar-refractivity contribution in [2.75, 3.05) is 20.1 Å². The summed E-state index contributed by atoms with van der Waals surface area (Å²) in [4.78, 5) is 17.2. The third-order valence-electron chi connectivity index (χ3n) is 3.73. The van der Waals surface area contributed by atoms with Gasteiger partial charge in [0.25, 0.3) is 0 Å². The van der Waals surface area contributed by atoms with E-state index in [0.717, 1.165) is 25.0 Å². The van der Waals surface area contributed by atoms with Crippen LogP contribution in [0.15, 0.2) is 24.4 Å². The number of fused-ring (bicyclic) bond motifs is 1. The van der Waals surface area contributed by atoms with Gasteiger partial charge in [0.2, 0.25) is 0 Å². The second kappa shape index (κ2) is 6.76. The van der Waals surface area contributed by atoms with Gasteiger partial charge in [0.15, 0.2) is 0 Å². The molecule has 1 N–H and O–H groups in total. The smallest absolute Gasteiger partial charge is 0.313 e. The number of nitrogens with zero attached hydrogens (tertiary/aromatic N) is 1. The van der Waals surface area contributed by atoms with Crippen molar-refractivity contribution in [2.45, 2.75) is 27.2 Å². The molecule has 0 amide bonds. The number of ether oxygens (including phenoxy) is 1. The lowest BCUT2D eigenvalue weighted by atomic mass is 10.1. The van der Waals surface area contributed by atoms with Gasteiger partial charge in [-0.3, -0.25) is 4.79 Å². The van der Waals surface area contributed by atoms with E-state index in [4.69, 9.17) is 4.74 Å². The molecule has 1 heterocycles. The number of aromatic nitrogens is 1. The number of esters is 1. The Bertz CT molecular complexity index is 616. The van der Waals surface area contributed by atoms with Crippen LogP contribution < -0.4 is 4.74 Å². The van der Waals surface area contributed by atoms with Crippen LogP contribution in [-0.4, -0.2) is 36.0 Å². The lowest BCUT2D eigenvalue weighted by molar-refractivity contribution is -0.137. The highest BCUT2D eigenvalue weighted by molar-refractivity contribution is 5.85. The topological polar surface area (TPSA) is 45.3 Å². The maximum atomic E-state index is 11.6. The van der Waals surface area contributed by atoms with Crippen molar-refractivity contribution < 1.29 is 9.53 Å². The first-order valence-electron chi connectivity index (χ1n) is 7.51. The third-order valence-corrected chi connectivity index (χ3v) is 3.73. The highest BCUT2D eigenvalue weighted by atomic mass is 16.5. The van der Waals surface area contributed by atoms with Gasteiger partial charge < -0.3 is 14.6 Å². The molecule has 2 rings (SSSR count). The van der Waals surface area contributed by atoms with E-state index in [1.165, 1.54) is 10.9 Å². The van der Waals surface area contributed by atoms with Gasteiger partial charge in [0, 0.05) is 29.7 Å². The summed E-state index contributed by atoms with van der Waals surface area (Å²) in [6.45, 7) is 7.91. The predicted octanol–water partition coefficient (Wildman–Crippen LogP) is 3.22. The number of carbonyl (C=O) groups is 1. The number of likely N-dealkylation sites (N-methyl/N-ethyl adjacent to an activating group) is 1. The SMILES string of the molecule is CCN(C)CCc1c[nH]c2cc(OC(=O)C(C)C)ccc12. The normalized spacial score (nSPS) is 11.5. The number of hydrogen-bond acceptors (Lipinski definition) is 3. The Morgan fingerprint density at radius 2 is 2.14 bits per heavy atom. The first-order chi connectivity index (χ1) is 10.0. The van der Waals surface area contributed by atoms with Crippen LogP contribution in [0, 0.1) is 5.92 Å². The zero-order valence-electron chi connectivity index (χ0n) is 13.3. The van der Waals surface area contributed by atoms with E-state index in [9.17, 15) is 4.79 Å². The number of carbonyl (C=O) groups excluding carboxylic acids is 1. The maximum absolute atomic E-state index is 11.6. The van der Waals surface area contributed by atoms with Gasteiger partial charge in [-0.1, -0.05) is 20.8 Å². The van der Waals surface area contributed by atoms with Crippen LogP contribution in [0.25, 0.3) is 10.9 Å². The van der Waals surface area contributed by atoms with Crippen molar-refractivity contribution in [3.05, 3.63) is 30.0 Å². The first kappa shape index (κ1) is 15.6. The van der Waals surface area contributed by atoms with Crippen LogP contribution in [0.5, 0.6) is 5.75 Å². The summed E-state index contributed by atoms with van der Waals surface area (Å²) >= 11 is 0. The minimum Gasteiger partial charge on any atom is -0.426 e. The Morgan fingerprint density at radius 3 is 2.81 bits per heavy atom. The van der Waals surface area contributed by atoms with Crippen molar-refractivity contribution in [3.63, 3.8) is 0 Å². The molecule has 0 bridgehead atoms. The summed E-state index contributed by atoms with van der Waals surface area (Å²) in [7, 11) is 2.12. The van der Waals surface area contributed by atoms with E-state index in [0.29, 0.717) is 5.75 Å². The van der Waals surface area contributed by atoms with Crippen LogP contribution in [-0.2, 0) is 11.2 Å². The van der Waals surface area contributed by atoms with Gasteiger partial charge in [-0.2, -0.15) is 0 Å². The lowest BCUT2D eigenvalue weighted by Crippen LogP contribution is -2.20. The van der Waals surface area contributed by atoms with E-state index in [2.05, 4.69) is 23.9 Å². The highest BCUT2D eigenvalue weighted by Crippen LogP contribution is 2.24. The van der Waals surface area contributed by atoms with Gasteiger partial charge in [0.05, 0.1) is 5.92 Å². The number of H-pyrrole nitrogens is 1. The molecular formula is C17H24N2O2. The Balaban J connectivity index is 2.13. The summed E-state index contributed by atoms with van der Waals surface area (Å²) in [6, 6.07) is 5.78. The predicted molar refractivity (Wildman–Crippen MR) is 85.6 cm³/mol. The largest absolute Gasteiger partial charge is 0.426 e. The van der Waals surface area contributed by atoms with E-state index in [1.54, 1.807) is 0 Å². The molecule has 0 spiro atoms. The van der Waals surface area contributed by atoms with Crippen LogP contribution in [0.3, 0.4) is 0 Å². The van der Waals surface area contributed by atoms with Crippen molar-refractivity contribution >= 4 is 16.9 Å². The molecule has 4 heteroatoms. The Hall–Kier alpha value is -1.81. The molecule has 0 saturated carbocycles. The van der Waals surface area contributed by atoms with E-state index < -0.39 is 0 Å². The fourth-order valence-electron chi connectivity index (χ4n) is 2.14. The van der Waals surface area contributed by atoms with Crippen molar-refractivity contribution in [3.8, 4) is 5.75 Å². The number of rotatable bonds is 6. The van der Waals surface area contributed by atoms with Crippen molar-refractivity contribution in [1.29, 1.82) is 0 Å². The lowest BCUT2D eigenvalue weighted by Gasteiger charge is -2.12. The first-order valence-corrected chi connectivity index (χ1v) is 7.51. The molecule has 0 radical (unpaired) electrons. The summed E-state index contributed by atoms with van der Waals surface area (Å²) in [5.41, 5.74) is 2.31. The molecule has 1 aromatic heterocycles. The van der Waals surface area contributed by atoms with Crippen LogP contribution in [0.1, 0.15) is 26.3 Å². The van der Waals surface area contributed by atoms with Gasteiger partial charge in [-0.15, -0.1) is 0 Å². The standard InChI is InChI=1S/C17H24N2O2/c1-5-19(4)9-8-13-11-18-16-10-14(6-7-15(13)16)21-17(20)12(2)3/h6-7,10-12,18H,5,8-9H2,1-4H3. The summed E-state index contributed by atoms with van der Waals surface area (Å²) in [6.07, 6.45) is 3.05. The molecular weight excluding hydrogens is 264 g/mol. The Kier molecular flexibility index (Phi) is 5.02. The average Bonchev–Trinajstić information content (AvgIpc) is 2.86. The van der Waals surface area contributed by atoms with E-state index in [-0.39, 0.29) is 11.9 Å². The minimum atomic E-state index is -0.203. The quantitative estimate of drug-likeness (QED) is 0.655. The van der Waals surface area contributed by atoms with Crippen LogP contribution in [0.2, 0.25) is 0 Å². The molecule has 0 aliphatic carbocycles. The second-order valence-electron chi connectivity index (χ2n) is 5.74. The molecule has 114 valence electrons. The highest BCUT2D eigenvalue weighted by Gasteiger charge is 2.11. The molecule has 0 aliphatic rings. The summed E-state index contributed by atoms with van der Waals surface area (Å²) < 4.78 is 5.34. The summed E-state index contributed by atoms with van der Waals surface area (Å²) in [5, 5.41) is 1.20. The fraction of sp³-hybridized carbons (Fsp3) is 0.471. The third kappa shape index (κ3) is 3.85. The second-order valence-corrected chi connectivity index (χ2v) is 5.74. The molecule has 2 aromatic rings. The zero-order chi connectivity index (χ0) is 15.4. The number of benzene rings is 1. The maximum Gasteiger partial charge on any atom is 0.313 e. The molecule has 0 aliphatic heterocycles. The van der Waals surface area contributed by atoms with E-state index >= 15 is 0 Å². The molecule has 0 fully saturated rings. The van der Waals surface area contributed by atoms with Gasteiger partial charge in [-0.25, -0.2) is 0 Å². The molecule has 0 unspecified atom stereocenters. The summed E-state index contributed by atoms with van der Waals surface area (Å²) in [5.74, 6) is 0.274. The molecule has 0 saturated heterocycles. The van der Waals surface area contributed by atoms with Gasteiger partial charge in [0.1, 0.15) is 5.75 Å². The number of nitrogens with one attached hydrogen (secondary N) is 1. The van der Waals surface area contributed by atoms with Crippen molar-refractivity contribution in [2.24, 2.45) is 5.92 Å². The zero-order valence-corrected chi connectivity index (χ0v) is 13.3. The minimum absolute atomic E-state index is 0.121. The monoisotopic (exact) mass is 288 g/mol. The van der Waals surface area contributed by atoms with Crippen LogP contribution >= 0.6 is 0 Å². The van der Waals surface area contributed by atoms with Gasteiger partial charge >= 0.3 is 5.97 Å². The van der Waals surface area contributed by atoms with Crippen LogP contribution in [0.4, 0.5) is 0 Å². The molecule has 0 atom stereocenters. The average molecular weight is 288 g/mol. The van der Waals surface area contributed by atoms with E-state index in [1.807, 2.05) is 38.2 Å². The number of hydrogen-bond donors (Lipinski definition) is 1. The van der Waals surface area contributed by atoms with Gasteiger partial charge in [-0.05, 0) is 37.7 Å². The molecule has 4 nitrogen and oxygen atoms in total. The molecule has 1 aromatic carbocycles. The molecule has 21 heavy (non-hydrogen) atoms. The van der Waals surface area contributed by atoms with Crippen molar-refractivity contribution in [1.82, 2.24) is 9.88 Å². The number of aromatic amines is 1. The Morgan fingerprint density at radius 1 is 1.38 bits per heavy atom.